The zero-order chi connectivity index (χ0) is 14.9. The number of carboxylic acids is 1. The topological polar surface area (TPSA) is 53.4 Å². The maximum Gasteiger partial charge on any atom is 0.323 e. The summed E-state index contributed by atoms with van der Waals surface area (Å²) >= 11 is 1.63. The summed E-state index contributed by atoms with van der Waals surface area (Å²) in [7, 11) is 0. The van der Waals surface area contributed by atoms with Crippen LogP contribution in [0.4, 0.5) is 0 Å². The fraction of sp³-hybridized carbons (Fsp3) is 0.467. The Labute approximate surface area is 123 Å². The van der Waals surface area contributed by atoms with Gasteiger partial charge in [0.1, 0.15) is 10.5 Å². The van der Waals surface area contributed by atoms with Crippen LogP contribution in [0.3, 0.4) is 0 Å². The lowest BCUT2D eigenvalue weighted by atomic mass is 10.0. The van der Waals surface area contributed by atoms with Crippen LogP contribution in [0.1, 0.15) is 38.7 Å². The fourth-order valence-corrected chi connectivity index (χ4v) is 3.51. The lowest BCUT2D eigenvalue weighted by Crippen LogP contribution is -2.50. The number of hydrogen-bond donors (Lipinski definition) is 1. The standard InChI is InChI=1S/C15H20N2O2S/c1-5-17(15(3,4)14(18)19)10(2)13-16-11-8-6-7-9-12(11)20-13/h6-10H,5H2,1-4H3,(H,18,19). The number of benzene rings is 1. The first-order valence-corrected chi connectivity index (χ1v) is 7.55. The minimum absolute atomic E-state index is 0.0245. The number of nitrogens with zero attached hydrogens (tertiary/aromatic N) is 2. The number of fused-ring (bicyclic) bond motifs is 1. The first-order valence-electron chi connectivity index (χ1n) is 6.73. The second kappa shape index (κ2) is 5.50. The molecule has 1 unspecified atom stereocenters. The number of carboxylic acid groups (broad SMARTS) is 1. The van der Waals surface area contributed by atoms with Crippen LogP contribution in [0.2, 0.25) is 0 Å². The predicted molar refractivity (Wildman–Crippen MR) is 82.1 cm³/mol. The highest BCUT2D eigenvalue weighted by Crippen LogP contribution is 2.33. The van der Waals surface area contributed by atoms with E-state index >= 15 is 0 Å². The first-order chi connectivity index (χ1) is 9.37. The van der Waals surface area contributed by atoms with Crippen LogP contribution in [0.15, 0.2) is 24.3 Å². The molecule has 0 aliphatic rings. The molecule has 1 heterocycles. The van der Waals surface area contributed by atoms with E-state index in [2.05, 4.69) is 4.98 Å². The first kappa shape index (κ1) is 14.9. The van der Waals surface area contributed by atoms with Gasteiger partial charge in [-0.25, -0.2) is 4.98 Å². The summed E-state index contributed by atoms with van der Waals surface area (Å²) in [6.07, 6.45) is 0. The Morgan fingerprint density at radius 3 is 2.65 bits per heavy atom. The molecule has 2 aromatic rings. The Morgan fingerprint density at radius 2 is 2.10 bits per heavy atom. The van der Waals surface area contributed by atoms with Gasteiger partial charge in [0.25, 0.3) is 0 Å². The summed E-state index contributed by atoms with van der Waals surface area (Å²) in [5.41, 5.74) is 0.0648. The van der Waals surface area contributed by atoms with Crippen LogP contribution >= 0.6 is 11.3 Å². The van der Waals surface area contributed by atoms with Crippen molar-refractivity contribution in [3.05, 3.63) is 29.3 Å². The average molecular weight is 292 g/mol. The van der Waals surface area contributed by atoms with E-state index in [9.17, 15) is 9.90 Å². The van der Waals surface area contributed by atoms with E-state index in [-0.39, 0.29) is 6.04 Å². The van der Waals surface area contributed by atoms with Gasteiger partial charge in [-0.15, -0.1) is 11.3 Å². The number of hydrogen-bond acceptors (Lipinski definition) is 4. The van der Waals surface area contributed by atoms with Crippen molar-refractivity contribution < 1.29 is 9.90 Å². The molecule has 4 nitrogen and oxygen atoms in total. The Hall–Kier alpha value is -1.46. The van der Waals surface area contributed by atoms with Crippen molar-refractivity contribution >= 4 is 27.5 Å². The minimum Gasteiger partial charge on any atom is -0.480 e. The van der Waals surface area contributed by atoms with Crippen molar-refractivity contribution in [2.75, 3.05) is 6.54 Å². The lowest BCUT2D eigenvalue weighted by Gasteiger charge is -2.37. The van der Waals surface area contributed by atoms with Crippen molar-refractivity contribution in [3.63, 3.8) is 0 Å². The highest BCUT2D eigenvalue weighted by atomic mass is 32.1. The predicted octanol–water partition coefficient (Wildman–Crippen LogP) is 3.54. The SMILES string of the molecule is CCN(C(C)c1nc2ccccc2s1)C(C)(C)C(=O)O. The number of rotatable bonds is 5. The molecule has 0 aliphatic heterocycles. The van der Waals surface area contributed by atoms with Gasteiger partial charge in [-0.1, -0.05) is 19.1 Å². The summed E-state index contributed by atoms with van der Waals surface area (Å²) in [5.74, 6) is -0.813. The smallest absolute Gasteiger partial charge is 0.323 e. The Bertz CT molecular complexity index is 588. The Balaban J connectivity index is 2.37. The molecule has 5 heteroatoms. The lowest BCUT2D eigenvalue weighted by molar-refractivity contribution is -0.150. The van der Waals surface area contributed by atoms with Gasteiger partial charge in [0.15, 0.2) is 0 Å². The molecule has 108 valence electrons. The van der Waals surface area contributed by atoms with Crippen LogP contribution in [0, 0.1) is 0 Å². The molecule has 1 aromatic carbocycles. The third-order valence-corrected chi connectivity index (χ3v) is 4.92. The normalized spacial score (nSPS) is 13.8. The molecule has 0 saturated carbocycles. The number of para-hydroxylation sites is 1. The van der Waals surface area contributed by atoms with E-state index < -0.39 is 11.5 Å². The number of aromatic nitrogens is 1. The fourth-order valence-electron chi connectivity index (χ4n) is 2.48. The molecular weight excluding hydrogens is 272 g/mol. The molecule has 0 bridgehead atoms. The molecular formula is C15H20N2O2S. The van der Waals surface area contributed by atoms with Gasteiger partial charge < -0.3 is 5.11 Å². The van der Waals surface area contributed by atoms with Gasteiger partial charge in [-0.2, -0.15) is 0 Å². The van der Waals surface area contributed by atoms with Gasteiger partial charge in [0.2, 0.25) is 0 Å². The Morgan fingerprint density at radius 1 is 1.45 bits per heavy atom. The molecule has 0 radical (unpaired) electrons. The third kappa shape index (κ3) is 2.55. The quantitative estimate of drug-likeness (QED) is 0.915. The molecule has 2 rings (SSSR count). The van der Waals surface area contributed by atoms with E-state index in [0.717, 1.165) is 15.2 Å². The number of aliphatic carboxylic acids is 1. The molecule has 1 atom stereocenters. The van der Waals surface area contributed by atoms with Crippen molar-refractivity contribution in [3.8, 4) is 0 Å². The van der Waals surface area contributed by atoms with Crippen molar-refractivity contribution in [2.45, 2.75) is 39.3 Å². The summed E-state index contributed by atoms with van der Waals surface area (Å²) < 4.78 is 1.14. The van der Waals surface area contributed by atoms with Gasteiger partial charge >= 0.3 is 5.97 Å². The van der Waals surface area contributed by atoms with Crippen LogP contribution in [0.25, 0.3) is 10.2 Å². The second-order valence-electron chi connectivity index (χ2n) is 5.35. The van der Waals surface area contributed by atoms with E-state index in [1.165, 1.54) is 0 Å². The number of thiazole rings is 1. The molecule has 20 heavy (non-hydrogen) atoms. The zero-order valence-corrected chi connectivity index (χ0v) is 13.1. The molecule has 0 aliphatic carbocycles. The average Bonchev–Trinajstić information content (AvgIpc) is 2.82. The molecule has 0 spiro atoms. The summed E-state index contributed by atoms with van der Waals surface area (Å²) in [6, 6.07) is 7.97. The maximum atomic E-state index is 11.5. The van der Waals surface area contributed by atoms with Crippen molar-refractivity contribution in [1.82, 2.24) is 9.88 Å². The summed E-state index contributed by atoms with van der Waals surface area (Å²) in [6.45, 7) is 8.14. The number of carbonyl (C=O) groups is 1. The third-order valence-electron chi connectivity index (χ3n) is 3.72. The largest absolute Gasteiger partial charge is 0.480 e. The maximum absolute atomic E-state index is 11.5. The molecule has 1 aromatic heterocycles. The minimum atomic E-state index is -0.911. The number of likely N-dealkylation sites (N-methyl/N-ethyl adjacent to an activating group) is 1. The van der Waals surface area contributed by atoms with E-state index in [4.69, 9.17) is 0 Å². The van der Waals surface area contributed by atoms with Crippen LogP contribution in [0.5, 0.6) is 0 Å². The molecule has 0 saturated heterocycles. The van der Waals surface area contributed by atoms with E-state index in [0.29, 0.717) is 6.54 Å². The second-order valence-corrected chi connectivity index (χ2v) is 6.41. The van der Waals surface area contributed by atoms with Gasteiger partial charge in [0, 0.05) is 0 Å². The van der Waals surface area contributed by atoms with Crippen LogP contribution < -0.4 is 0 Å². The molecule has 0 fully saturated rings. The summed E-state index contributed by atoms with van der Waals surface area (Å²) in [5, 5.41) is 10.4. The zero-order valence-electron chi connectivity index (χ0n) is 12.3. The van der Waals surface area contributed by atoms with Gasteiger partial charge in [-0.05, 0) is 39.4 Å². The van der Waals surface area contributed by atoms with Gasteiger partial charge in [0.05, 0.1) is 16.3 Å². The summed E-state index contributed by atoms with van der Waals surface area (Å²) in [4.78, 5) is 18.1. The monoisotopic (exact) mass is 292 g/mol. The van der Waals surface area contributed by atoms with Crippen LogP contribution in [-0.4, -0.2) is 33.0 Å². The van der Waals surface area contributed by atoms with Crippen molar-refractivity contribution in [2.24, 2.45) is 0 Å². The Kier molecular flexibility index (Phi) is 4.11. The highest BCUT2D eigenvalue weighted by molar-refractivity contribution is 7.18. The molecule has 0 amide bonds. The molecule has 1 N–H and O–H groups in total. The highest BCUT2D eigenvalue weighted by Gasteiger charge is 2.37. The van der Waals surface area contributed by atoms with E-state index in [1.807, 2.05) is 43.0 Å². The van der Waals surface area contributed by atoms with Gasteiger partial charge in [-0.3, -0.25) is 9.69 Å². The van der Waals surface area contributed by atoms with Crippen LogP contribution in [-0.2, 0) is 4.79 Å². The van der Waals surface area contributed by atoms with Crippen molar-refractivity contribution in [1.29, 1.82) is 0 Å². The van der Waals surface area contributed by atoms with E-state index in [1.54, 1.807) is 25.2 Å².